The zero-order valence-electron chi connectivity index (χ0n) is 14.7. The van der Waals surface area contributed by atoms with Gasteiger partial charge in [0.15, 0.2) is 0 Å². The smallest absolute Gasteiger partial charge is 0.249 e. The molecule has 26 heavy (non-hydrogen) atoms. The lowest BCUT2D eigenvalue weighted by Crippen LogP contribution is -2.52. The van der Waals surface area contributed by atoms with Gasteiger partial charge in [0.2, 0.25) is 5.91 Å². The third kappa shape index (κ3) is 3.82. The molecular weight excluding hydrogens is 355 g/mol. The first kappa shape index (κ1) is 18.6. The van der Waals surface area contributed by atoms with Crippen molar-refractivity contribution < 1.29 is 13.7 Å². The number of fused-ring (bicyclic) bond motifs is 1. The molecule has 0 radical (unpaired) electrons. The Bertz CT molecular complexity index is 812. The van der Waals surface area contributed by atoms with Crippen LogP contribution >= 0.6 is 0 Å². The fourth-order valence-electron chi connectivity index (χ4n) is 2.61. The first-order valence-electron chi connectivity index (χ1n) is 8.22. The van der Waals surface area contributed by atoms with Gasteiger partial charge in [-0.1, -0.05) is 18.2 Å². The molecule has 2 heterocycles. The van der Waals surface area contributed by atoms with Gasteiger partial charge in [-0.25, -0.2) is 9.37 Å². The average Bonchev–Trinajstić information content (AvgIpc) is 2.59. The van der Waals surface area contributed by atoms with Gasteiger partial charge in [0.25, 0.3) is 0 Å². The number of rotatable bonds is 4. The van der Waals surface area contributed by atoms with Crippen LogP contribution in [0, 0.1) is 5.82 Å². The Kier molecular flexibility index (Phi) is 5.17. The molecule has 2 aromatic rings. The summed E-state index contributed by atoms with van der Waals surface area (Å²) in [5.41, 5.74) is 0.815. The summed E-state index contributed by atoms with van der Waals surface area (Å²) in [6.07, 6.45) is 1.60. The Morgan fingerprint density at radius 3 is 2.69 bits per heavy atom. The van der Waals surface area contributed by atoms with E-state index in [1.165, 1.54) is 6.07 Å². The van der Waals surface area contributed by atoms with Crippen LogP contribution in [0.1, 0.15) is 32.4 Å². The Labute approximate surface area is 154 Å². The second-order valence-corrected chi connectivity index (χ2v) is 9.01. The standard InChI is InChI=1S/C18H21FN4O2S/c1-18(2,3)26(25)23-14(11-7-4-5-8-12(11)19)15-17(24)21-13-9-6-10-20-16(13)22-15/h4-10,14-15,23H,1-3H3,(H,20,22)(H,21,24)/t14-,15+,26?/m1/s1. The van der Waals surface area contributed by atoms with E-state index < -0.39 is 34.0 Å². The number of aromatic nitrogens is 1. The number of carbonyl (C=O) groups excluding carboxylic acids is 1. The Balaban J connectivity index is 1.98. The summed E-state index contributed by atoms with van der Waals surface area (Å²) >= 11 is -1.51. The van der Waals surface area contributed by atoms with E-state index in [0.717, 1.165) is 0 Å². The van der Waals surface area contributed by atoms with Crippen LogP contribution in [0.5, 0.6) is 0 Å². The maximum absolute atomic E-state index is 14.5. The largest absolute Gasteiger partial charge is 0.598 e. The highest BCUT2D eigenvalue weighted by molar-refractivity contribution is 7.90. The van der Waals surface area contributed by atoms with Gasteiger partial charge in [0.05, 0.1) is 5.69 Å². The van der Waals surface area contributed by atoms with Gasteiger partial charge >= 0.3 is 0 Å². The van der Waals surface area contributed by atoms with Crippen molar-refractivity contribution in [1.82, 2.24) is 9.71 Å². The van der Waals surface area contributed by atoms with E-state index in [2.05, 4.69) is 20.3 Å². The molecule has 0 spiro atoms. The molecule has 3 N–H and O–H groups in total. The number of hydrogen-bond donors (Lipinski definition) is 3. The minimum Gasteiger partial charge on any atom is -0.598 e. The number of nitrogens with one attached hydrogen (secondary N) is 3. The van der Waals surface area contributed by atoms with E-state index in [9.17, 15) is 13.7 Å². The highest BCUT2D eigenvalue weighted by Crippen LogP contribution is 2.31. The van der Waals surface area contributed by atoms with E-state index >= 15 is 0 Å². The van der Waals surface area contributed by atoms with Gasteiger partial charge in [-0.05, 0) is 39.0 Å². The molecule has 6 nitrogen and oxygen atoms in total. The molecule has 1 aromatic heterocycles. The van der Waals surface area contributed by atoms with Gasteiger partial charge in [-0.2, -0.15) is 0 Å². The number of benzene rings is 1. The molecule has 1 aromatic carbocycles. The van der Waals surface area contributed by atoms with E-state index in [4.69, 9.17) is 0 Å². The molecule has 138 valence electrons. The van der Waals surface area contributed by atoms with Crippen molar-refractivity contribution >= 4 is 28.8 Å². The SMILES string of the molecule is CC(C)(C)[S+]([O-])N[C@H](c1ccccc1F)[C@@H]1Nc2ncccc2NC1=O. The van der Waals surface area contributed by atoms with Crippen LogP contribution in [0.4, 0.5) is 15.9 Å². The van der Waals surface area contributed by atoms with Gasteiger partial charge < -0.3 is 15.2 Å². The molecule has 0 fully saturated rings. The number of nitrogens with zero attached hydrogens (tertiary/aromatic N) is 1. The van der Waals surface area contributed by atoms with E-state index in [0.29, 0.717) is 11.5 Å². The summed E-state index contributed by atoms with van der Waals surface area (Å²) in [6, 6.07) is 7.87. The second-order valence-electron chi connectivity index (χ2n) is 7.01. The number of pyridine rings is 1. The van der Waals surface area contributed by atoms with Crippen molar-refractivity contribution in [2.24, 2.45) is 0 Å². The van der Waals surface area contributed by atoms with Gasteiger partial charge in [0, 0.05) is 23.1 Å². The van der Waals surface area contributed by atoms with Crippen LogP contribution in [-0.2, 0) is 16.2 Å². The monoisotopic (exact) mass is 376 g/mol. The van der Waals surface area contributed by atoms with Crippen molar-refractivity contribution in [3.05, 3.63) is 54.0 Å². The van der Waals surface area contributed by atoms with Crippen molar-refractivity contribution in [2.45, 2.75) is 37.6 Å². The van der Waals surface area contributed by atoms with Gasteiger partial charge in [0.1, 0.15) is 28.5 Å². The molecule has 3 rings (SSSR count). The Hall–Kier alpha value is -2.16. The highest BCUT2D eigenvalue weighted by atomic mass is 32.2. The van der Waals surface area contributed by atoms with Crippen LogP contribution in [0.15, 0.2) is 42.6 Å². The second kappa shape index (κ2) is 7.22. The molecule has 3 atom stereocenters. The average molecular weight is 376 g/mol. The summed E-state index contributed by atoms with van der Waals surface area (Å²) in [7, 11) is 0. The summed E-state index contributed by atoms with van der Waals surface area (Å²) in [6.45, 7) is 5.42. The lowest BCUT2D eigenvalue weighted by atomic mass is 9.97. The van der Waals surface area contributed by atoms with Gasteiger partial charge in [-0.3, -0.25) is 4.79 Å². The molecule has 1 amide bonds. The molecule has 1 unspecified atom stereocenters. The van der Waals surface area contributed by atoms with Crippen molar-refractivity contribution in [1.29, 1.82) is 0 Å². The first-order chi connectivity index (χ1) is 12.3. The van der Waals surface area contributed by atoms with Crippen molar-refractivity contribution in [3.8, 4) is 0 Å². The number of carbonyl (C=O) groups is 1. The van der Waals surface area contributed by atoms with Crippen molar-refractivity contribution in [3.63, 3.8) is 0 Å². The maximum Gasteiger partial charge on any atom is 0.249 e. The molecule has 0 aliphatic carbocycles. The minimum absolute atomic E-state index is 0.261. The first-order valence-corrected chi connectivity index (χ1v) is 9.37. The van der Waals surface area contributed by atoms with Crippen LogP contribution < -0.4 is 15.4 Å². The van der Waals surface area contributed by atoms with Crippen molar-refractivity contribution in [2.75, 3.05) is 10.6 Å². The summed E-state index contributed by atoms with van der Waals surface area (Å²) < 4.78 is 29.5. The molecule has 1 aliphatic rings. The number of amides is 1. The van der Waals surface area contributed by atoms with Gasteiger partial charge in [-0.15, -0.1) is 4.72 Å². The summed E-state index contributed by atoms with van der Waals surface area (Å²) in [5.74, 6) is -0.337. The predicted octanol–water partition coefficient (Wildman–Crippen LogP) is 2.75. The van der Waals surface area contributed by atoms with Crippen LogP contribution in [0.3, 0.4) is 0 Å². The lowest BCUT2D eigenvalue weighted by Gasteiger charge is -2.34. The molecule has 8 heteroatoms. The summed E-state index contributed by atoms with van der Waals surface area (Å²) in [4.78, 5) is 16.9. The fourth-order valence-corrected chi connectivity index (χ4v) is 3.46. The topological polar surface area (TPSA) is 89.1 Å². The van der Waals surface area contributed by atoms with Crippen LogP contribution in [0.2, 0.25) is 0 Å². The third-order valence-corrected chi connectivity index (χ3v) is 5.58. The van der Waals surface area contributed by atoms with E-state index in [1.54, 1.807) is 57.3 Å². The minimum atomic E-state index is -1.51. The maximum atomic E-state index is 14.5. The molecule has 0 bridgehead atoms. The quantitative estimate of drug-likeness (QED) is 0.714. The number of hydrogen-bond acceptors (Lipinski definition) is 5. The van der Waals surface area contributed by atoms with Crippen LogP contribution in [-0.4, -0.2) is 26.2 Å². The highest BCUT2D eigenvalue weighted by Gasteiger charge is 2.40. The zero-order valence-corrected chi connectivity index (χ0v) is 15.6. The zero-order chi connectivity index (χ0) is 18.9. The lowest BCUT2D eigenvalue weighted by molar-refractivity contribution is -0.117. The Morgan fingerprint density at radius 1 is 1.27 bits per heavy atom. The van der Waals surface area contributed by atoms with E-state index in [1.807, 2.05) is 0 Å². The molecule has 0 saturated carbocycles. The third-order valence-electron chi connectivity index (χ3n) is 4.00. The number of anilines is 2. The normalized spacial score (nSPS) is 19.1. The molecule has 1 aliphatic heterocycles. The number of halogens is 1. The van der Waals surface area contributed by atoms with Crippen LogP contribution in [0.25, 0.3) is 0 Å². The predicted molar refractivity (Wildman–Crippen MR) is 100 cm³/mol. The summed E-state index contributed by atoms with van der Waals surface area (Å²) in [5, 5.41) is 5.81. The molecular formula is C18H21FN4O2S. The Morgan fingerprint density at radius 2 is 2.00 bits per heavy atom. The molecule has 0 saturated heterocycles. The fraction of sp³-hybridized carbons (Fsp3) is 0.333. The van der Waals surface area contributed by atoms with E-state index in [-0.39, 0.29) is 11.5 Å².